The molecule has 0 aliphatic carbocycles. The SMILES string of the molecule is CCCCCc1cccc(-c2cc3nccc(Oc4ccc([N+](=O)[O-])cc4F)c3s2)c1. The van der Waals surface area contributed by atoms with E-state index in [0.717, 1.165) is 33.1 Å². The van der Waals surface area contributed by atoms with Crippen LogP contribution in [0.5, 0.6) is 11.5 Å². The van der Waals surface area contributed by atoms with Gasteiger partial charge < -0.3 is 4.74 Å². The largest absolute Gasteiger partial charge is 0.453 e. The highest BCUT2D eigenvalue weighted by molar-refractivity contribution is 7.22. The molecule has 4 rings (SSSR count). The summed E-state index contributed by atoms with van der Waals surface area (Å²) in [5.41, 5.74) is 2.86. The molecule has 0 fully saturated rings. The van der Waals surface area contributed by atoms with Gasteiger partial charge in [0.25, 0.3) is 5.69 Å². The summed E-state index contributed by atoms with van der Waals surface area (Å²) in [5.74, 6) is -0.380. The lowest BCUT2D eigenvalue weighted by Crippen LogP contribution is -1.92. The minimum absolute atomic E-state index is 0.0639. The highest BCUT2D eigenvalue weighted by atomic mass is 32.1. The molecule has 5 nitrogen and oxygen atoms in total. The van der Waals surface area contributed by atoms with Gasteiger partial charge in [-0.1, -0.05) is 44.0 Å². The van der Waals surface area contributed by atoms with E-state index in [9.17, 15) is 14.5 Å². The van der Waals surface area contributed by atoms with E-state index in [2.05, 4.69) is 36.2 Å². The van der Waals surface area contributed by atoms with Gasteiger partial charge in [0.1, 0.15) is 5.75 Å². The first-order valence-electron chi connectivity index (χ1n) is 10.1. The third-order valence-corrected chi connectivity index (χ3v) is 6.19. The molecule has 31 heavy (non-hydrogen) atoms. The van der Waals surface area contributed by atoms with Crippen molar-refractivity contribution in [2.24, 2.45) is 0 Å². The lowest BCUT2D eigenvalue weighted by Gasteiger charge is -2.07. The average molecular weight is 437 g/mol. The summed E-state index contributed by atoms with van der Waals surface area (Å²) in [6, 6.07) is 15.5. The number of non-ortho nitro benzene ring substituents is 1. The van der Waals surface area contributed by atoms with Gasteiger partial charge >= 0.3 is 0 Å². The Morgan fingerprint density at radius 3 is 2.74 bits per heavy atom. The zero-order valence-corrected chi connectivity index (χ0v) is 17.8. The molecule has 2 aromatic carbocycles. The van der Waals surface area contributed by atoms with Crippen molar-refractivity contribution in [3.05, 3.63) is 82.3 Å². The number of aryl methyl sites for hydroxylation is 1. The van der Waals surface area contributed by atoms with Crippen molar-refractivity contribution in [2.75, 3.05) is 0 Å². The number of aromatic nitrogens is 1. The second-order valence-electron chi connectivity index (χ2n) is 7.27. The van der Waals surface area contributed by atoms with E-state index in [0.29, 0.717) is 5.75 Å². The first-order valence-corrected chi connectivity index (χ1v) is 11.0. The first-order chi connectivity index (χ1) is 15.0. The highest BCUT2D eigenvalue weighted by Crippen LogP contribution is 2.40. The fraction of sp³-hybridized carbons (Fsp3) is 0.208. The molecule has 0 aliphatic rings. The van der Waals surface area contributed by atoms with Crippen LogP contribution < -0.4 is 4.74 Å². The smallest absolute Gasteiger partial charge is 0.272 e. The third-order valence-electron chi connectivity index (χ3n) is 5.00. The molecule has 0 saturated heterocycles. The molecule has 7 heteroatoms. The van der Waals surface area contributed by atoms with Crippen LogP contribution in [0, 0.1) is 15.9 Å². The Morgan fingerprint density at radius 1 is 1.10 bits per heavy atom. The fourth-order valence-electron chi connectivity index (χ4n) is 3.40. The van der Waals surface area contributed by atoms with Crippen LogP contribution in [0.15, 0.2) is 60.8 Å². The van der Waals surface area contributed by atoms with Crippen molar-refractivity contribution in [3.63, 3.8) is 0 Å². The Kier molecular flexibility index (Phi) is 6.23. The van der Waals surface area contributed by atoms with Crippen molar-refractivity contribution in [1.29, 1.82) is 0 Å². The maximum atomic E-state index is 14.3. The van der Waals surface area contributed by atoms with Gasteiger partial charge in [0.05, 0.1) is 21.2 Å². The molecule has 2 heterocycles. The van der Waals surface area contributed by atoms with E-state index in [-0.39, 0.29) is 11.4 Å². The number of benzene rings is 2. The Morgan fingerprint density at radius 2 is 1.97 bits per heavy atom. The Hall–Kier alpha value is -3.32. The van der Waals surface area contributed by atoms with Crippen LogP contribution >= 0.6 is 11.3 Å². The Labute approximate surface area is 183 Å². The van der Waals surface area contributed by atoms with Gasteiger partial charge in [-0.2, -0.15) is 0 Å². The molecule has 0 amide bonds. The monoisotopic (exact) mass is 436 g/mol. The van der Waals surface area contributed by atoms with Crippen LogP contribution in [-0.2, 0) is 6.42 Å². The number of nitro groups is 1. The molecule has 0 saturated carbocycles. The highest BCUT2D eigenvalue weighted by Gasteiger charge is 2.15. The number of pyridine rings is 1. The zero-order chi connectivity index (χ0) is 21.8. The topological polar surface area (TPSA) is 65.3 Å². The minimum Gasteiger partial charge on any atom is -0.453 e. The van der Waals surface area contributed by atoms with E-state index in [1.807, 2.05) is 6.07 Å². The molecule has 0 bridgehead atoms. The van der Waals surface area contributed by atoms with Gasteiger partial charge in [-0.15, -0.1) is 11.3 Å². The van der Waals surface area contributed by atoms with Crippen LogP contribution in [0.3, 0.4) is 0 Å². The number of rotatable bonds is 8. The number of fused-ring (bicyclic) bond motifs is 1. The number of unbranched alkanes of at least 4 members (excludes halogenated alkanes) is 2. The van der Waals surface area contributed by atoms with Crippen molar-refractivity contribution in [3.8, 4) is 21.9 Å². The average Bonchev–Trinajstić information content (AvgIpc) is 3.21. The summed E-state index contributed by atoms with van der Waals surface area (Å²) in [5, 5.41) is 10.8. The molecule has 0 N–H and O–H groups in total. The second-order valence-corrected chi connectivity index (χ2v) is 8.32. The molecule has 2 aromatic heterocycles. The van der Waals surface area contributed by atoms with Crippen molar-refractivity contribution in [1.82, 2.24) is 4.98 Å². The standard InChI is InChI=1S/C24H21FN2O3S/c1-2-3-4-6-16-7-5-8-17(13-16)23-15-20-24(31-23)22(11-12-26-20)30-21-10-9-18(27(28)29)14-19(21)25/h5,7-15H,2-4,6H2,1H3. The van der Waals surface area contributed by atoms with Gasteiger partial charge in [0, 0.05) is 23.2 Å². The predicted octanol–water partition coefficient (Wildman–Crippen LogP) is 7.54. The summed E-state index contributed by atoms with van der Waals surface area (Å²) >= 11 is 1.53. The van der Waals surface area contributed by atoms with Gasteiger partial charge in [-0.05, 0) is 36.1 Å². The maximum Gasteiger partial charge on any atom is 0.272 e. The summed E-state index contributed by atoms with van der Waals surface area (Å²) in [4.78, 5) is 15.7. The minimum atomic E-state index is -0.782. The normalized spacial score (nSPS) is 11.0. The van der Waals surface area contributed by atoms with E-state index >= 15 is 0 Å². The van der Waals surface area contributed by atoms with Crippen molar-refractivity contribution >= 4 is 27.2 Å². The zero-order valence-electron chi connectivity index (χ0n) is 17.0. The van der Waals surface area contributed by atoms with Crippen LogP contribution in [0.2, 0.25) is 0 Å². The number of thiophene rings is 1. The van der Waals surface area contributed by atoms with Gasteiger partial charge in [-0.25, -0.2) is 4.39 Å². The van der Waals surface area contributed by atoms with Crippen molar-refractivity contribution in [2.45, 2.75) is 32.6 Å². The number of hydrogen-bond acceptors (Lipinski definition) is 5. The molecular weight excluding hydrogens is 415 g/mol. The van der Waals surface area contributed by atoms with E-state index < -0.39 is 10.7 Å². The van der Waals surface area contributed by atoms with E-state index in [1.165, 1.54) is 48.3 Å². The van der Waals surface area contributed by atoms with Crippen LogP contribution in [-0.4, -0.2) is 9.91 Å². The summed E-state index contributed by atoms with van der Waals surface area (Å²) in [7, 11) is 0. The summed E-state index contributed by atoms with van der Waals surface area (Å²) in [6.45, 7) is 2.20. The van der Waals surface area contributed by atoms with Crippen molar-refractivity contribution < 1.29 is 14.1 Å². The number of nitrogens with zero attached hydrogens (tertiary/aromatic N) is 2. The quantitative estimate of drug-likeness (QED) is 0.163. The fourth-order valence-corrected chi connectivity index (χ4v) is 4.46. The molecule has 0 atom stereocenters. The lowest BCUT2D eigenvalue weighted by molar-refractivity contribution is -0.385. The van der Waals surface area contributed by atoms with E-state index in [4.69, 9.17) is 4.74 Å². The molecule has 4 aromatic rings. The van der Waals surface area contributed by atoms with Crippen LogP contribution in [0.25, 0.3) is 20.7 Å². The number of ether oxygens (including phenoxy) is 1. The third kappa shape index (κ3) is 4.72. The number of hydrogen-bond donors (Lipinski definition) is 0. The molecule has 0 unspecified atom stereocenters. The maximum absolute atomic E-state index is 14.3. The van der Waals surface area contributed by atoms with Gasteiger partial charge in [0.15, 0.2) is 11.6 Å². The predicted molar refractivity (Wildman–Crippen MR) is 121 cm³/mol. The summed E-state index contributed by atoms with van der Waals surface area (Å²) in [6.07, 6.45) is 6.25. The van der Waals surface area contributed by atoms with E-state index in [1.54, 1.807) is 12.3 Å². The Bertz CT molecular complexity index is 1240. The summed E-state index contributed by atoms with van der Waals surface area (Å²) < 4.78 is 20.9. The van der Waals surface area contributed by atoms with Crippen LogP contribution in [0.1, 0.15) is 31.7 Å². The Balaban J connectivity index is 1.64. The number of nitro benzene ring substituents is 1. The second kappa shape index (κ2) is 9.22. The van der Waals surface area contributed by atoms with Crippen LogP contribution in [0.4, 0.5) is 10.1 Å². The molecule has 0 spiro atoms. The lowest BCUT2D eigenvalue weighted by atomic mass is 10.0. The van der Waals surface area contributed by atoms with Gasteiger partial charge in [-0.3, -0.25) is 15.1 Å². The molecule has 0 radical (unpaired) electrons. The molecule has 0 aliphatic heterocycles. The van der Waals surface area contributed by atoms with Gasteiger partial charge in [0.2, 0.25) is 0 Å². The number of halogens is 1. The first kappa shape index (κ1) is 20.9. The molecule has 158 valence electrons. The molecular formula is C24H21FN2O3S.